The Morgan fingerprint density at radius 2 is 0.853 bits per heavy atom. The van der Waals surface area contributed by atoms with Crippen molar-refractivity contribution in [3.05, 3.63) is 113 Å². The molecule has 0 aromatic heterocycles. The van der Waals surface area contributed by atoms with Crippen molar-refractivity contribution in [2.75, 3.05) is 6.61 Å². The Labute approximate surface area is 403 Å². The van der Waals surface area contributed by atoms with E-state index in [9.17, 15) is 26.3 Å². The molecule has 2 aliphatic carbocycles. The first-order valence-electron chi connectivity index (χ1n) is 26.3. The first-order chi connectivity index (χ1) is 32.7. The second-order valence-corrected chi connectivity index (χ2v) is 19.9. The fourth-order valence-electron chi connectivity index (χ4n) is 10.5. The molecule has 4 aromatic carbocycles. The van der Waals surface area contributed by atoms with Crippen molar-refractivity contribution in [2.45, 2.75) is 205 Å². The highest BCUT2D eigenvalue weighted by molar-refractivity contribution is 5.66. The van der Waals surface area contributed by atoms with E-state index in [0.29, 0.717) is 36.3 Å². The fraction of sp³-hybridized carbons (Fsp3) is 0.593. The molecule has 2 saturated carbocycles. The van der Waals surface area contributed by atoms with Gasteiger partial charge in [0.15, 0.2) is 23.3 Å². The number of ether oxygens (including phenoxy) is 1. The Bertz CT molecular complexity index is 2080. The van der Waals surface area contributed by atoms with Crippen LogP contribution in [0.5, 0.6) is 5.75 Å². The van der Waals surface area contributed by atoms with E-state index >= 15 is 8.78 Å². The topological polar surface area (TPSA) is 9.23 Å². The lowest BCUT2D eigenvalue weighted by atomic mass is 9.74. The molecule has 0 saturated heterocycles. The summed E-state index contributed by atoms with van der Waals surface area (Å²) in [6.07, 6.45) is 20.3. The molecule has 0 N–H and O–H groups in total. The smallest absolute Gasteiger partial charge is 0.255 e. The van der Waals surface area contributed by atoms with Gasteiger partial charge >= 0.3 is 0 Å². The summed E-state index contributed by atoms with van der Waals surface area (Å²) in [5, 5.41) is 0. The highest BCUT2D eigenvalue weighted by Crippen LogP contribution is 2.51. The summed E-state index contributed by atoms with van der Waals surface area (Å²) in [4.78, 5) is 0. The van der Waals surface area contributed by atoms with Crippen LogP contribution in [0.2, 0.25) is 0 Å². The molecule has 4 unspecified atom stereocenters. The van der Waals surface area contributed by atoms with Crippen molar-refractivity contribution in [2.24, 2.45) is 11.8 Å². The standard InChI is InChI=1S/C31H42F4O.C28H36F4/c1-3-5-7-8-9-11-21-36-25-16-14-24(15-17-25)26-18-19-27(30(33)29(26)32)28-20-13-23(12-10-6-4-2)22-31(28,34)35;1-3-5-7-9-20-11-14-22(15-12-20)23-16-17-24(27(30)26(23)29)25-18-13-21(10-8-6-4-2)19-28(25,31)32/h14-19,23,28H,3-13,20-22H2,1-2H3;11-12,14-17,21,25H,3-10,13,18-19H2,1-2H3. The Kier molecular flexibility index (Phi) is 22.3. The summed E-state index contributed by atoms with van der Waals surface area (Å²) in [6.45, 7) is 9.15. The minimum absolute atomic E-state index is 0.0316. The number of rotatable bonds is 24. The highest BCUT2D eigenvalue weighted by atomic mass is 19.3. The lowest BCUT2D eigenvalue weighted by Crippen LogP contribution is -2.35. The van der Waals surface area contributed by atoms with Gasteiger partial charge in [-0.3, -0.25) is 0 Å². The van der Waals surface area contributed by atoms with E-state index in [1.54, 1.807) is 36.4 Å². The molecule has 4 aromatic rings. The Morgan fingerprint density at radius 3 is 1.31 bits per heavy atom. The van der Waals surface area contributed by atoms with Crippen molar-refractivity contribution in [3.8, 4) is 28.0 Å². The second kappa shape index (κ2) is 27.5. The van der Waals surface area contributed by atoms with E-state index in [4.69, 9.17) is 4.74 Å². The normalized spacial score (nSPS) is 19.9. The summed E-state index contributed by atoms with van der Waals surface area (Å²) in [7, 11) is 0. The van der Waals surface area contributed by atoms with Crippen LogP contribution < -0.4 is 4.74 Å². The molecule has 0 aliphatic heterocycles. The summed E-state index contributed by atoms with van der Waals surface area (Å²) in [6, 6.07) is 19.9. The molecule has 0 bridgehead atoms. The van der Waals surface area contributed by atoms with E-state index < -0.39 is 46.9 Å². The summed E-state index contributed by atoms with van der Waals surface area (Å²) in [5.74, 6) is -12.3. The van der Waals surface area contributed by atoms with Crippen LogP contribution in [0.25, 0.3) is 22.3 Å². The van der Waals surface area contributed by atoms with Crippen LogP contribution in [-0.4, -0.2) is 18.5 Å². The van der Waals surface area contributed by atoms with Crippen LogP contribution in [0.1, 0.15) is 204 Å². The molecule has 6 rings (SSSR count). The molecular weight excluding hydrogens is 877 g/mol. The zero-order chi connectivity index (χ0) is 49.1. The van der Waals surface area contributed by atoms with E-state index in [1.807, 2.05) is 12.1 Å². The maximum atomic E-state index is 15.1. The first kappa shape index (κ1) is 55.1. The number of benzene rings is 4. The lowest BCUT2D eigenvalue weighted by Gasteiger charge is -2.36. The van der Waals surface area contributed by atoms with Gasteiger partial charge in [0.1, 0.15) is 5.75 Å². The maximum absolute atomic E-state index is 15.1. The minimum Gasteiger partial charge on any atom is -0.494 e. The predicted octanol–water partition coefficient (Wildman–Crippen LogP) is 19.9. The Balaban J connectivity index is 0.000000256. The first-order valence-corrected chi connectivity index (χ1v) is 26.3. The van der Waals surface area contributed by atoms with Gasteiger partial charge in [-0.05, 0) is 96.7 Å². The van der Waals surface area contributed by atoms with Gasteiger partial charge in [-0.15, -0.1) is 0 Å². The van der Waals surface area contributed by atoms with E-state index in [1.165, 1.54) is 49.9 Å². The summed E-state index contributed by atoms with van der Waals surface area (Å²) in [5.41, 5.74) is 2.05. The SMILES string of the molecule is CCCCCCCCOc1ccc(-c2ccc(C3CCC(CCCCC)CC3(F)F)c(F)c2F)cc1.CCCCCc1ccc(-c2ccc(C3CCC(CCCCC)CC3(F)F)c(F)c2F)cc1. The molecule has 376 valence electrons. The van der Waals surface area contributed by atoms with E-state index in [0.717, 1.165) is 95.5 Å². The molecule has 2 aliphatic rings. The third kappa shape index (κ3) is 15.6. The third-order valence-corrected chi connectivity index (χ3v) is 14.5. The number of halogens is 8. The molecule has 0 amide bonds. The number of unbranched alkanes of at least 4 members (excludes halogenated alkanes) is 11. The van der Waals surface area contributed by atoms with E-state index in [-0.39, 0.29) is 59.8 Å². The van der Waals surface area contributed by atoms with Gasteiger partial charge in [-0.25, -0.2) is 35.1 Å². The molecule has 9 heteroatoms. The monoisotopic (exact) mass is 955 g/mol. The van der Waals surface area contributed by atoms with Gasteiger partial charge in [-0.2, -0.15) is 0 Å². The van der Waals surface area contributed by atoms with Gasteiger partial charge in [0.05, 0.1) is 18.4 Å². The van der Waals surface area contributed by atoms with Crippen molar-refractivity contribution in [1.29, 1.82) is 0 Å². The van der Waals surface area contributed by atoms with Crippen LogP contribution in [0, 0.1) is 35.1 Å². The zero-order valence-electron chi connectivity index (χ0n) is 41.3. The molecule has 0 heterocycles. The predicted molar refractivity (Wildman–Crippen MR) is 264 cm³/mol. The van der Waals surface area contributed by atoms with Gasteiger partial charge in [0.25, 0.3) is 11.8 Å². The average molecular weight is 955 g/mol. The molecule has 1 nitrogen and oxygen atoms in total. The van der Waals surface area contributed by atoms with Gasteiger partial charge in [-0.1, -0.05) is 185 Å². The third-order valence-electron chi connectivity index (χ3n) is 14.5. The second-order valence-electron chi connectivity index (χ2n) is 19.9. The maximum Gasteiger partial charge on any atom is 0.255 e. The highest BCUT2D eigenvalue weighted by Gasteiger charge is 2.48. The minimum atomic E-state index is -3.03. The molecule has 0 spiro atoms. The quantitative estimate of drug-likeness (QED) is 0.0502. The van der Waals surface area contributed by atoms with Crippen LogP contribution >= 0.6 is 0 Å². The van der Waals surface area contributed by atoms with E-state index in [2.05, 4.69) is 27.7 Å². The summed E-state index contributed by atoms with van der Waals surface area (Å²) >= 11 is 0. The molecule has 68 heavy (non-hydrogen) atoms. The van der Waals surface area contributed by atoms with Crippen molar-refractivity contribution < 1.29 is 39.9 Å². The largest absolute Gasteiger partial charge is 0.494 e. The van der Waals surface area contributed by atoms with Crippen molar-refractivity contribution in [1.82, 2.24) is 0 Å². The number of aryl methyl sites for hydroxylation is 1. The molecule has 0 radical (unpaired) electrons. The molecular formula is C59H78F8O. The van der Waals surface area contributed by atoms with Gasteiger partial charge < -0.3 is 4.74 Å². The van der Waals surface area contributed by atoms with Crippen LogP contribution in [0.15, 0.2) is 72.8 Å². The zero-order valence-corrected chi connectivity index (χ0v) is 41.3. The average Bonchev–Trinajstić information content (AvgIpc) is 3.31. The Morgan fingerprint density at radius 1 is 0.441 bits per heavy atom. The number of hydrogen-bond donors (Lipinski definition) is 0. The van der Waals surface area contributed by atoms with Gasteiger partial charge in [0.2, 0.25) is 0 Å². The van der Waals surface area contributed by atoms with Crippen LogP contribution in [0.3, 0.4) is 0 Å². The van der Waals surface area contributed by atoms with Gasteiger partial charge in [0, 0.05) is 24.0 Å². The molecule has 4 atom stereocenters. The lowest BCUT2D eigenvalue weighted by molar-refractivity contribution is -0.0752. The number of alkyl halides is 4. The number of hydrogen-bond acceptors (Lipinski definition) is 1. The van der Waals surface area contributed by atoms with Crippen LogP contribution in [-0.2, 0) is 6.42 Å². The Hall–Kier alpha value is -3.88. The molecule has 2 fully saturated rings. The van der Waals surface area contributed by atoms with Crippen LogP contribution in [0.4, 0.5) is 35.1 Å². The summed E-state index contributed by atoms with van der Waals surface area (Å²) < 4.78 is 126. The van der Waals surface area contributed by atoms with Crippen molar-refractivity contribution in [3.63, 3.8) is 0 Å². The fourth-order valence-corrected chi connectivity index (χ4v) is 10.5. The van der Waals surface area contributed by atoms with Crippen molar-refractivity contribution >= 4 is 0 Å².